The van der Waals surface area contributed by atoms with Gasteiger partial charge in [-0.15, -0.1) is 0 Å². The van der Waals surface area contributed by atoms with Gasteiger partial charge >= 0.3 is 0 Å². The molecular formula is C13H16FNO2. The molecule has 92 valence electrons. The van der Waals surface area contributed by atoms with Crippen LogP contribution >= 0.6 is 0 Å². The van der Waals surface area contributed by atoms with Crippen molar-refractivity contribution in [3.63, 3.8) is 0 Å². The molecule has 3 nitrogen and oxygen atoms in total. The highest BCUT2D eigenvalue weighted by Crippen LogP contribution is 2.18. The molecule has 0 bridgehead atoms. The predicted molar refractivity (Wildman–Crippen MR) is 62.1 cm³/mol. The van der Waals surface area contributed by atoms with E-state index in [1.165, 1.54) is 18.2 Å². The second kappa shape index (κ2) is 5.27. The molecule has 2 atom stereocenters. The topological polar surface area (TPSA) is 49.3 Å². The lowest BCUT2D eigenvalue weighted by atomic mass is 9.92. The molecule has 0 heterocycles. The van der Waals surface area contributed by atoms with Crippen LogP contribution in [0.25, 0.3) is 0 Å². The molecule has 1 fully saturated rings. The Morgan fingerprint density at radius 2 is 2.12 bits per heavy atom. The average molecular weight is 237 g/mol. The first-order valence-electron chi connectivity index (χ1n) is 5.91. The first kappa shape index (κ1) is 12.0. The Morgan fingerprint density at radius 1 is 1.35 bits per heavy atom. The number of aliphatic hydroxyl groups excluding tert-OH is 1. The van der Waals surface area contributed by atoms with Gasteiger partial charge in [-0.1, -0.05) is 18.9 Å². The summed E-state index contributed by atoms with van der Waals surface area (Å²) in [5, 5.41) is 12.5. The molecule has 0 saturated heterocycles. The summed E-state index contributed by atoms with van der Waals surface area (Å²) in [5.41, 5.74) is 0.294. The van der Waals surface area contributed by atoms with Crippen LogP contribution in [0.3, 0.4) is 0 Å². The van der Waals surface area contributed by atoms with Gasteiger partial charge in [0.25, 0.3) is 5.91 Å². The van der Waals surface area contributed by atoms with Crippen molar-refractivity contribution in [2.45, 2.75) is 37.8 Å². The highest BCUT2D eigenvalue weighted by molar-refractivity contribution is 5.94. The molecule has 1 aliphatic carbocycles. The molecule has 17 heavy (non-hydrogen) atoms. The number of carbonyl (C=O) groups excluding carboxylic acids is 1. The van der Waals surface area contributed by atoms with Crippen LogP contribution in [0.1, 0.15) is 36.0 Å². The summed E-state index contributed by atoms with van der Waals surface area (Å²) in [6, 6.07) is 5.35. The third kappa shape index (κ3) is 3.03. The lowest BCUT2D eigenvalue weighted by Gasteiger charge is -2.28. The van der Waals surface area contributed by atoms with E-state index in [1.54, 1.807) is 6.07 Å². The summed E-state index contributed by atoms with van der Waals surface area (Å²) < 4.78 is 13.0. The van der Waals surface area contributed by atoms with E-state index < -0.39 is 11.9 Å². The molecule has 0 aromatic heterocycles. The van der Waals surface area contributed by atoms with Crippen molar-refractivity contribution in [3.8, 4) is 0 Å². The number of carbonyl (C=O) groups is 1. The van der Waals surface area contributed by atoms with Gasteiger partial charge in [0, 0.05) is 5.56 Å². The van der Waals surface area contributed by atoms with Gasteiger partial charge in [-0.3, -0.25) is 4.79 Å². The van der Waals surface area contributed by atoms with E-state index in [9.17, 15) is 14.3 Å². The van der Waals surface area contributed by atoms with Crippen LogP contribution in [0.15, 0.2) is 24.3 Å². The van der Waals surface area contributed by atoms with Gasteiger partial charge in [-0.05, 0) is 31.0 Å². The fourth-order valence-electron chi connectivity index (χ4n) is 2.16. The third-order valence-corrected chi connectivity index (χ3v) is 3.13. The van der Waals surface area contributed by atoms with Crippen LogP contribution in [0.4, 0.5) is 4.39 Å². The summed E-state index contributed by atoms with van der Waals surface area (Å²) in [7, 11) is 0. The minimum atomic E-state index is -0.485. The summed E-state index contributed by atoms with van der Waals surface area (Å²) in [6.07, 6.45) is 3.01. The summed E-state index contributed by atoms with van der Waals surface area (Å²) in [6.45, 7) is 0. The van der Waals surface area contributed by atoms with Crippen molar-refractivity contribution in [3.05, 3.63) is 35.6 Å². The summed E-state index contributed by atoms with van der Waals surface area (Å²) in [4.78, 5) is 11.8. The number of rotatable bonds is 2. The first-order chi connectivity index (χ1) is 8.16. The largest absolute Gasteiger partial charge is 0.391 e. The third-order valence-electron chi connectivity index (χ3n) is 3.13. The Hall–Kier alpha value is -1.42. The fraction of sp³-hybridized carbons (Fsp3) is 0.462. The fourth-order valence-corrected chi connectivity index (χ4v) is 2.16. The van der Waals surface area contributed by atoms with Gasteiger partial charge < -0.3 is 10.4 Å². The zero-order valence-corrected chi connectivity index (χ0v) is 9.53. The Bertz CT molecular complexity index is 408. The number of nitrogens with one attached hydrogen (secondary N) is 1. The average Bonchev–Trinajstić information content (AvgIpc) is 2.32. The maximum Gasteiger partial charge on any atom is 0.251 e. The molecule has 0 unspecified atom stereocenters. The standard InChI is InChI=1S/C13H16FNO2/c14-10-5-3-4-9(8-10)13(17)15-11-6-1-2-7-12(11)16/h3-5,8,11-12,16H,1-2,6-7H2,(H,15,17)/t11-,12-/m1/s1. The van der Waals surface area contributed by atoms with Gasteiger partial charge in [0.15, 0.2) is 0 Å². The summed E-state index contributed by atoms with van der Waals surface area (Å²) in [5.74, 6) is -0.753. The minimum absolute atomic E-state index is 0.209. The normalized spacial score (nSPS) is 24.4. The van der Waals surface area contributed by atoms with Crippen LogP contribution < -0.4 is 5.32 Å². The molecule has 1 saturated carbocycles. The van der Waals surface area contributed by atoms with Crippen LogP contribution in [0, 0.1) is 5.82 Å². The van der Waals surface area contributed by atoms with Gasteiger partial charge in [0.1, 0.15) is 5.82 Å². The number of aliphatic hydroxyl groups is 1. The monoisotopic (exact) mass is 237 g/mol. The highest BCUT2D eigenvalue weighted by Gasteiger charge is 2.24. The van der Waals surface area contributed by atoms with Crippen LogP contribution in [-0.2, 0) is 0 Å². The zero-order valence-electron chi connectivity index (χ0n) is 9.53. The number of hydrogen-bond acceptors (Lipinski definition) is 2. The molecule has 2 N–H and O–H groups in total. The van der Waals surface area contributed by atoms with Crippen LogP contribution in [0.5, 0.6) is 0 Å². The van der Waals surface area contributed by atoms with E-state index in [0.29, 0.717) is 12.0 Å². The van der Waals surface area contributed by atoms with Gasteiger partial charge in [0.2, 0.25) is 0 Å². The van der Waals surface area contributed by atoms with Crippen LogP contribution in [0.2, 0.25) is 0 Å². The number of hydrogen-bond donors (Lipinski definition) is 2. The molecule has 0 radical (unpaired) electrons. The highest BCUT2D eigenvalue weighted by atomic mass is 19.1. The lowest BCUT2D eigenvalue weighted by molar-refractivity contribution is 0.0717. The first-order valence-corrected chi connectivity index (χ1v) is 5.91. The molecule has 0 spiro atoms. The van der Waals surface area contributed by atoms with Crippen LogP contribution in [-0.4, -0.2) is 23.2 Å². The Morgan fingerprint density at radius 3 is 2.82 bits per heavy atom. The molecule has 0 aliphatic heterocycles. The van der Waals surface area contributed by atoms with E-state index in [2.05, 4.69) is 5.32 Å². The molecular weight excluding hydrogens is 221 g/mol. The molecule has 1 aromatic carbocycles. The number of amides is 1. The zero-order chi connectivity index (χ0) is 12.3. The molecule has 1 aliphatic rings. The SMILES string of the molecule is O=C(N[C@@H]1CCCC[C@H]1O)c1cccc(F)c1. The smallest absolute Gasteiger partial charge is 0.251 e. The summed E-state index contributed by atoms with van der Waals surface area (Å²) >= 11 is 0. The maximum atomic E-state index is 13.0. The molecule has 2 rings (SSSR count). The van der Waals surface area contributed by atoms with Crippen molar-refractivity contribution in [1.82, 2.24) is 5.32 Å². The van der Waals surface area contributed by atoms with Gasteiger partial charge in [-0.25, -0.2) is 4.39 Å². The molecule has 1 amide bonds. The van der Waals surface area contributed by atoms with Crippen molar-refractivity contribution in [2.75, 3.05) is 0 Å². The van der Waals surface area contributed by atoms with Gasteiger partial charge in [-0.2, -0.15) is 0 Å². The van der Waals surface area contributed by atoms with Crippen molar-refractivity contribution in [1.29, 1.82) is 0 Å². The Balaban J connectivity index is 2.01. The van der Waals surface area contributed by atoms with Crippen molar-refractivity contribution < 1.29 is 14.3 Å². The second-order valence-corrected chi connectivity index (χ2v) is 4.44. The predicted octanol–water partition coefficient (Wildman–Crippen LogP) is 1.86. The van der Waals surface area contributed by atoms with E-state index in [4.69, 9.17) is 0 Å². The quantitative estimate of drug-likeness (QED) is 0.824. The molecule has 4 heteroatoms. The minimum Gasteiger partial charge on any atom is -0.391 e. The maximum absolute atomic E-state index is 13.0. The van der Waals surface area contributed by atoms with E-state index in [-0.39, 0.29) is 11.9 Å². The Labute approximate surface area is 99.7 Å². The van der Waals surface area contributed by atoms with Gasteiger partial charge in [0.05, 0.1) is 12.1 Å². The number of halogens is 1. The van der Waals surface area contributed by atoms with Crippen molar-refractivity contribution >= 4 is 5.91 Å². The van der Waals surface area contributed by atoms with Crippen molar-refractivity contribution in [2.24, 2.45) is 0 Å². The second-order valence-electron chi connectivity index (χ2n) is 4.44. The lowest BCUT2D eigenvalue weighted by Crippen LogP contribution is -2.45. The van der Waals surface area contributed by atoms with E-state index in [0.717, 1.165) is 19.3 Å². The number of benzene rings is 1. The van der Waals surface area contributed by atoms with E-state index >= 15 is 0 Å². The van der Waals surface area contributed by atoms with E-state index in [1.807, 2.05) is 0 Å². The Kier molecular flexibility index (Phi) is 3.74. The molecule has 1 aromatic rings.